The van der Waals surface area contributed by atoms with Crippen LogP contribution in [0.2, 0.25) is 0 Å². The second-order valence-corrected chi connectivity index (χ2v) is 18.1. The van der Waals surface area contributed by atoms with Gasteiger partial charge in [0.05, 0.1) is 33.2 Å². The number of hydrogen-bond acceptors (Lipinski definition) is 7. The maximum atomic E-state index is 14.0. The van der Waals surface area contributed by atoms with Gasteiger partial charge in [-0.25, -0.2) is 8.42 Å². The lowest BCUT2D eigenvalue weighted by Gasteiger charge is -2.60. The van der Waals surface area contributed by atoms with Crippen LogP contribution in [0.1, 0.15) is 44.9 Å². The zero-order chi connectivity index (χ0) is 34.1. The summed E-state index contributed by atoms with van der Waals surface area (Å²) in [6, 6.07) is 32.2. The second-order valence-electron chi connectivity index (χ2n) is 12.9. The summed E-state index contributed by atoms with van der Waals surface area (Å²) >= 11 is 0. The molecule has 0 radical (unpaired) electrons. The van der Waals surface area contributed by atoms with Crippen molar-refractivity contribution >= 4 is 31.1 Å². The second kappa shape index (κ2) is 13.4. The molecule has 4 aliphatic carbocycles. The van der Waals surface area contributed by atoms with Crippen molar-refractivity contribution in [3.8, 4) is 0 Å². The molecule has 256 valence electrons. The summed E-state index contributed by atoms with van der Waals surface area (Å²) in [5.41, 5.74) is -1.90. The van der Waals surface area contributed by atoms with E-state index in [4.69, 9.17) is 0 Å². The van der Waals surface area contributed by atoms with Gasteiger partial charge in [0.2, 0.25) is 0 Å². The normalized spacial score (nSPS) is 25.8. The number of hydrogen-bond donors (Lipinski definition) is 1. The van der Waals surface area contributed by atoms with Crippen LogP contribution in [0.5, 0.6) is 0 Å². The molecule has 47 heavy (non-hydrogen) atoms. The van der Waals surface area contributed by atoms with Gasteiger partial charge in [0, 0.05) is 12.2 Å². The van der Waals surface area contributed by atoms with Gasteiger partial charge in [-0.2, -0.15) is 26.0 Å². The van der Waals surface area contributed by atoms with Gasteiger partial charge in [0.1, 0.15) is 0 Å². The molecule has 0 spiro atoms. The molecule has 14 heteroatoms. The molecule has 0 amide bonds. The number of halogens is 4. The van der Waals surface area contributed by atoms with Crippen molar-refractivity contribution < 1.29 is 48.2 Å². The summed E-state index contributed by atoms with van der Waals surface area (Å²) in [6.07, 6.45) is 0.832. The zero-order valence-corrected chi connectivity index (χ0v) is 27.8. The summed E-state index contributed by atoms with van der Waals surface area (Å²) in [7, 11) is -11.4. The average molecular weight is 717 g/mol. The lowest BCUT2D eigenvalue weighted by Crippen LogP contribution is -2.57. The third-order valence-corrected chi connectivity index (χ3v) is 13.3. The van der Waals surface area contributed by atoms with Gasteiger partial charge >= 0.3 is 21.3 Å². The van der Waals surface area contributed by atoms with Crippen LogP contribution in [0.15, 0.2) is 106 Å². The zero-order valence-electron chi connectivity index (χ0n) is 25.3. The van der Waals surface area contributed by atoms with E-state index in [0.29, 0.717) is 25.7 Å². The highest BCUT2D eigenvalue weighted by Crippen LogP contribution is 2.62. The van der Waals surface area contributed by atoms with Gasteiger partial charge in [-0.15, -0.1) is 0 Å². The molecule has 0 heterocycles. The monoisotopic (exact) mass is 716 g/mol. The van der Waals surface area contributed by atoms with Crippen molar-refractivity contribution in [3.05, 3.63) is 91.0 Å². The van der Waals surface area contributed by atoms with Gasteiger partial charge in [0.15, 0.2) is 14.7 Å². The average Bonchev–Trinajstić information content (AvgIpc) is 3.00. The Morgan fingerprint density at radius 3 is 1.57 bits per heavy atom. The predicted octanol–water partition coefficient (Wildman–Crippen LogP) is 6.61. The Morgan fingerprint density at radius 1 is 0.766 bits per heavy atom. The van der Waals surface area contributed by atoms with Crippen LogP contribution < -0.4 is 0 Å². The van der Waals surface area contributed by atoms with E-state index in [-0.39, 0.29) is 29.2 Å². The quantitative estimate of drug-likeness (QED) is 0.103. The molecule has 1 N–H and O–H groups in total. The van der Waals surface area contributed by atoms with Crippen LogP contribution in [0, 0.1) is 17.3 Å². The largest absolute Gasteiger partial charge is 0.748 e. The van der Waals surface area contributed by atoms with Crippen LogP contribution >= 0.6 is 0 Å². The topological polar surface area (TPSA) is 121 Å². The van der Waals surface area contributed by atoms with E-state index in [2.05, 4.69) is 95.2 Å². The van der Waals surface area contributed by atoms with E-state index in [1.54, 1.807) is 0 Å². The number of alkyl halides is 4. The Balaban J connectivity index is 0.000000198. The lowest BCUT2D eigenvalue weighted by molar-refractivity contribution is -0.178. The summed E-state index contributed by atoms with van der Waals surface area (Å²) in [4.78, 5) is 4.08. The first kappa shape index (κ1) is 35.8. The molecule has 4 bridgehead atoms. The van der Waals surface area contributed by atoms with E-state index in [9.17, 15) is 44.1 Å². The van der Waals surface area contributed by atoms with Crippen LogP contribution in [0.25, 0.3) is 0 Å². The molecule has 7 rings (SSSR count). The smallest absolute Gasteiger partial charge is 0.431 e. The maximum absolute atomic E-state index is 14.0. The number of aliphatic hydroxyl groups is 1. The van der Waals surface area contributed by atoms with E-state index in [1.165, 1.54) is 14.7 Å². The summed E-state index contributed by atoms with van der Waals surface area (Å²) < 4.78 is 115. The van der Waals surface area contributed by atoms with Crippen LogP contribution in [-0.4, -0.2) is 55.6 Å². The van der Waals surface area contributed by atoms with Crippen molar-refractivity contribution in [3.63, 3.8) is 0 Å². The fourth-order valence-electron chi connectivity index (χ4n) is 7.51. The van der Waals surface area contributed by atoms with Gasteiger partial charge in [-0.3, -0.25) is 4.18 Å². The molecule has 4 fully saturated rings. The SMILES string of the molecule is O=S(=O)([O-])CCC(F)(F)C(F)(F)S(=O)(=O)OCC12CC3CC(CC(O)(C3)C1)C2.c1ccc([S+](c2ccccc2)c2ccccc2)cc1. The Morgan fingerprint density at radius 2 is 1.19 bits per heavy atom. The standard InChI is InChI=1S/C18H15S.C15H22F4O7S2/c1-4-10-16(11-5-1)19(17-12-6-2-7-13-17)18-14-8-3-9-15-18;16-14(17,1-2-27(21,22)23)15(18,19)28(24,25)26-9-12-4-10-3-11(5-12)7-13(20,6-10)8-12/h1-15H;10-11,20H,1-9H2,(H,21,22,23)/q+1;/p-1. The van der Waals surface area contributed by atoms with Crippen LogP contribution in [0.4, 0.5) is 17.6 Å². The highest BCUT2D eigenvalue weighted by molar-refractivity contribution is 7.97. The lowest BCUT2D eigenvalue weighted by atomic mass is 9.48. The number of rotatable bonds is 11. The maximum Gasteiger partial charge on any atom is 0.431 e. The van der Waals surface area contributed by atoms with Crippen molar-refractivity contribution in [2.75, 3.05) is 12.4 Å². The summed E-state index contributed by atoms with van der Waals surface area (Å²) in [5, 5.41) is 4.87. The third kappa shape index (κ3) is 8.22. The molecule has 4 aliphatic rings. The van der Waals surface area contributed by atoms with Crippen LogP contribution in [-0.2, 0) is 35.3 Å². The highest BCUT2D eigenvalue weighted by atomic mass is 32.2. The molecule has 0 aliphatic heterocycles. The van der Waals surface area contributed by atoms with E-state index >= 15 is 0 Å². The van der Waals surface area contributed by atoms with E-state index in [0.717, 1.165) is 6.42 Å². The molecule has 7 nitrogen and oxygen atoms in total. The highest BCUT2D eigenvalue weighted by Gasteiger charge is 2.67. The molecule has 2 unspecified atom stereocenters. The molecule has 0 saturated heterocycles. The molecule has 2 atom stereocenters. The van der Waals surface area contributed by atoms with Crippen molar-refractivity contribution in [1.29, 1.82) is 0 Å². The van der Waals surface area contributed by atoms with Gasteiger partial charge in [-0.05, 0) is 92.2 Å². The predicted molar refractivity (Wildman–Crippen MR) is 168 cm³/mol. The first-order valence-corrected chi connectivity index (χ1v) is 19.3. The molecule has 3 aromatic rings. The van der Waals surface area contributed by atoms with Gasteiger partial charge in [-0.1, -0.05) is 54.6 Å². The Hall–Kier alpha value is -2.49. The molecular weight excluding hydrogens is 681 g/mol. The van der Waals surface area contributed by atoms with E-state index < -0.39 is 61.2 Å². The Kier molecular flexibility index (Phi) is 10.2. The van der Waals surface area contributed by atoms with Crippen molar-refractivity contribution in [1.82, 2.24) is 0 Å². The first-order valence-electron chi connectivity index (χ1n) is 15.1. The molecule has 0 aromatic heterocycles. The fraction of sp³-hybridized carbons (Fsp3) is 0.455. The minimum absolute atomic E-state index is 0.0146. The van der Waals surface area contributed by atoms with Crippen molar-refractivity contribution in [2.45, 2.75) is 76.4 Å². The first-order chi connectivity index (χ1) is 21.9. The minimum atomic E-state index is -6.11. The summed E-state index contributed by atoms with van der Waals surface area (Å²) in [6.45, 7) is -0.754. The minimum Gasteiger partial charge on any atom is -0.748 e. The third-order valence-electron chi connectivity index (χ3n) is 9.01. The number of benzene rings is 3. The molecule has 4 saturated carbocycles. The summed E-state index contributed by atoms with van der Waals surface area (Å²) in [5.74, 6) is -6.95. The van der Waals surface area contributed by atoms with Crippen molar-refractivity contribution in [2.24, 2.45) is 17.3 Å². The van der Waals surface area contributed by atoms with Gasteiger partial charge in [0.25, 0.3) is 0 Å². The van der Waals surface area contributed by atoms with Crippen LogP contribution in [0.3, 0.4) is 0 Å². The fourth-order valence-corrected chi connectivity index (χ4v) is 11.1. The Labute approximate surface area is 275 Å². The molecule has 3 aromatic carbocycles. The molecular formula is C33H36F4O7S3. The van der Waals surface area contributed by atoms with Gasteiger partial charge < -0.3 is 9.66 Å². The van der Waals surface area contributed by atoms with E-state index in [1.807, 2.05) is 0 Å². The Bertz CT molecular complexity index is 1620.